The van der Waals surface area contributed by atoms with Gasteiger partial charge in [0.25, 0.3) is 0 Å². The average molecular weight is 306 g/mol. The number of hydrogen-bond acceptors (Lipinski definition) is 3. The smallest absolute Gasteiger partial charge is 0.0363 e. The number of hydrogen-bond donors (Lipinski definition) is 1. The highest BCUT2D eigenvalue weighted by Gasteiger charge is 2.35. The lowest BCUT2D eigenvalue weighted by Crippen LogP contribution is -2.51. The van der Waals surface area contributed by atoms with Gasteiger partial charge in [0, 0.05) is 41.4 Å². The van der Waals surface area contributed by atoms with Crippen LogP contribution in [0.3, 0.4) is 0 Å². The summed E-state index contributed by atoms with van der Waals surface area (Å²) in [5.74, 6) is 2.94. The summed E-state index contributed by atoms with van der Waals surface area (Å²) in [7, 11) is -0.596. The largest absolute Gasteiger partial charge is 0.330 e. The summed E-state index contributed by atoms with van der Waals surface area (Å²) in [5, 5.41) is 0. The molecule has 116 valence electrons. The Kier molecular flexibility index (Phi) is 5.09. The summed E-state index contributed by atoms with van der Waals surface area (Å²) in [4.78, 5) is 2.56. The summed E-state index contributed by atoms with van der Waals surface area (Å²) in [6, 6.07) is 11.5. The zero-order valence-corrected chi connectivity index (χ0v) is 13.4. The van der Waals surface area contributed by atoms with Gasteiger partial charge in [-0.25, -0.2) is 0 Å². The number of nitrogens with zero attached hydrogens (tertiary/aromatic N) is 1. The van der Waals surface area contributed by atoms with E-state index in [1.807, 2.05) is 0 Å². The lowest BCUT2D eigenvalue weighted by molar-refractivity contribution is 0.107. The van der Waals surface area contributed by atoms with Gasteiger partial charge in [0.15, 0.2) is 0 Å². The van der Waals surface area contributed by atoms with Gasteiger partial charge in [0.05, 0.1) is 0 Å². The third-order valence-corrected chi connectivity index (χ3v) is 6.49. The van der Waals surface area contributed by atoms with Crippen molar-refractivity contribution in [3.63, 3.8) is 0 Å². The van der Waals surface area contributed by atoms with Crippen LogP contribution < -0.4 is 5.73 Å². The van der Waals surface area contributed by atoms with Gasteiger partial charge in [-0.15, -0.1) is 0 Å². The Morgan fingerprint density at radius 1 is 1.14 bits per heavy atom. The van der Waals surface area contributed by atoms with Crippen molar-refractivity contribution in [3.8, 4) is 0 Å². The molecular weight excluding hydrogens is 280 g/mol. The Hall–Kier alpha value is -0.710. The molecule has 0 radical (unpaired) electrons. The second kappa shape index (κ2) is 7.03. The molecule has 0 amide bonds. The van der Waals surface area contributed by atoms with Crippen molar-refractivity contribution in [1.82, 2.24) is 4.90 Å². The highest BCUT2D eigenvalue weighted by molar-refractivity contribution is 7.85. The van der Waals surface area contributed by atoms with E-state index in [-0.39, 0.29) is 0 Å². The average Bonchev–Trinajstić information content (AvgIpc) is 2.56. The van der Waals surface area contributed by atoms with Crippen molar-refractivity contribution in [2.75, 3.05) is 31.1 Å². The first-order valence-corrected chi connectivity index (χ1v) is 9.60. The van der Waals surface area contributed by atoms with E-state index >= 15 is 0 Å². The fraction of sp³-hybridized carbons (Fsp3) is 0.647. The van der Waals surface area contributed by atoms with Gasteiger partial charge in [-0.3, -0.25) is 9.11 Å². The lowest BCUT2D eigenvalue weighted by Gasteiger charge is -2.44. The zero-order chi connectivity index (χ0) is 14.7. The molecule has 1 aliphatic carbocycles. The van der Waals surface area contributed by atoms with E-state index in [4.69, 9.17) is 5.73 Å². The van der Waals surface area contributed by atoms with Gasteiger partial charge in [0.1, 0.15) is 0 Å². The first-order chi connectivity index (χ1) is 10.3. The van der Waals surface area contributed by atoms with Crippen molar-refractivity contribution < 1.29 is 4.21 Å². The molecule has 2 N–H and O–H groups in total. The summed E-state index contributed by atoms with van der Waals surface area (Å²) in [6.07, 6.45) is 3.68. The molecule has 1 saturated carbocycles. The van der Waals surface area contributed by atoms with E-state index in [1.54, 1.807) is 0 Å². The molecule has 3 atom stereocenters. The monoisotopic (exact) mass is 306 g/mol. The molecule has 0 spiro atoms. The van der Waals surface area contributed by atoms with Crippen molar-refractivity contribution in [3.05, 3.63) is 35.9 Å². The third-order valence-electron chi connectivity index (χ3n) is 5.21. The van der Waals surface area contributed by atoms with Crippen LogP contribution in [0.4, 0.5) is 0 Å². The zero-order valence-electron chi connectivity index (χ0n) is 12.6. The van der Waals surface area contributed by atoms with E-state index < -0.39 is 10.8 Å². The normalized spacial score (nSPS) is 32.1. The second-order valence-electron chi connectivity index (χ2n) is 6.37. The predicted molar refractivity (Wildman–Crippen MR) is 88.8 cm³/mol. The Labute approximate surface area is 130 Å². The molecule has 3 unspecified atom stereocenters. The van der Waals surface area contributed by atoms with Crippen LogP contribution in [-0.4, -0.2) is 46.3 Å². The van der Waals surface area contributed by atoms with Crippen LogP contribution in [0.15, 0.2) is 30.3 Å². The molecule has 4 heteroatoms. The van der Waals surface area contributed by atoms with Crippen LogP contribution in [-0.2, 0) is 10.8 Å². The fourth-order valence-corrected chi connectivity index (χ4v) is 5.02. The van der Waals surface area contributed by atoms with Crippen LogP contribution in [0.25, 0.3) is 0 Å². The minimum absolute atomic E-state index is 0.575. The summed E-state index contributed by atoms with van der Waals surface area (Å²) in [6.45, 7) is 2.75. The van der Waals surface area contributed by atoms with E-state index in [0.29, 0.717) is 17.9 Å². The maximum atomic E-state index is 11.6. The lowest BCUT2D eigenvalue weighted by atomic mass is 9.75. The van der Waals surface area contributed by atoms with Crippen LogP contribution in [0.5, 0.6) is 0 Å². The quantitative estimate of drug-likeness (QED) is 0.928. The summed E-state index contributed by atoms with van der Waals surface area (Å²) < 4.78 is 11.6. The molecule has 3 nitrogen and oxygen atoms in total. The minimum atomic E-state index is -0.596. The minimum Gasteiger partial charge on any atom is -0.330 e. The first-order valence-electron chi connectivity index (χ1n) is 8.12. The summed E-state index contributed by atoms with van der Waals surface area (Å²) >= 11 is 0. The van der Waals surface area contributed by atoms with Gasteiger partial charge in [-0.2, -0.15) is 0 Å². The number of nitrogens with two attached hydrogens (primary N) is 1. The molecular formula is C17H26N2OS. The molecule has 1 saturated heterocycles. The van der Waals surface area contributed by atoms with Crippen LogP contribution >= 0.6 is 0 Å². The second-order valence-corrected chi connectivity index (χ2v) is 8.06. The van der Waals surface area contributed by atoms with Gasteiger partial charge in [-0.05, 0) is 43.2 Å². The van der Waals surface area contributed by atoms with E-state index in [1.165, 1.54) is 24.8 Å². The summed E-state index contributed by atoms with van der Waals surface area (Å²) in [5.41, 5.74) is 7.50. The maximum absolute atomic E-state index is 11.6. The topological polar surface area (TPSA) is 46.3 Å². The molecule has 1 aromatic rings. The predicted octanol–water partition coefficient (Wildman–Crippen LogP) is 1.96. The Bertz CT molecular complexity index is 469. The standard InChI is InChI=1S/C17H26N2OS/c18-13-16-7-6-15(14-4-2-1-3-5-14)12-17(16)19-8-10-21(20)11-9-19/h1-5,15-17H,6-13,18H2. The van der Waals surface area contributed by atoms with Crippen LogP contribution in [0.2, 0.25) is 0 Å². The Morgan fingerprint density at radius 3 is 2.52 bits per heavy atom. The molecule has 1 heterocycles. The molecule has 2 fully saturated rings. The van der Waals surface area contributed by atoms with Crippen LogP contribution in [0.1, 0.15) is 30.7 Å². The number of rotatable bonds is 3. The Morgan fingerprint density at radius 2 is 1.86 bits per heavy atom. The first kappa shape index (κ1) is 15.2. The highest BCUT2D eigenvalue weighted by atomic mass is 32.2. The molecule has 21 heavy (non-hydrogen) atoms. The van der Waals surface area contributed by atoms with Crippen molar-refractivity contribution >= 4 is 10.8 Å². The SMILES string of the molecule is NCC1CCC(c2ccccc2)CC1N1CCS(=O)CC1. The molecule has 0 aromatic heterocycles. The van der Waals surface area contributed by atoms with E-state index in [2.05, 4.69) is 35.2 Å². The molecule has 1 aromatic carbocycles. The van der Waals surface area contributed by atoms with Crippen LogP contribution in [0, 0.1) is 5.92 Å². The number of benzene rings is 1. The van der Waals surface area contributed by atoms with Gasteiger partial charge < -0.3 is 5.73 Å². The van der Waals surface area contributed by atoms with Gasteiger partial charge in [0.2, 0.25) is 0 Å². The molecule has 2 aliphatic rings. The third kappa shape index (κ3) is 3.55. The van der Waals surface area contributed by atoms with E-state index in [9.17, 15) is 4.21 Å². The highest BCUT2D eigenvalue weighted by Crippen LogP contribution is 2.38. The van der Waals surface area contributed by atoms with Crippen molar-refractivity contribution in [2.45, 2.75) is 31.2 Å². The van der Waals surface area contributed by atoms with E-state index in [0.717, 1.165) is 31.1 Å². The van der Waals surface area contributed by atoms with Crippen molar-refractivity contribution in [1.29, 1.82) is 0 Å². The Balaban J connectivity index is 1.71. The maximum Gasteiger partial charge on any atom is 0.0363 e. The molecule has 3 rings (SSSR count). The van der Waals surface area contributed by atoms with Crippen molar-refractivity contribution in [2.24, 2.45) is 11.7 Å². The molecule has 1 aliphatic heterocycles. The van der Waals surface area contributed by atoms with Gasteiger partial charge >= 0.3 is 0 Å². The molecule has 0 bridgehead atoms. The fourth-order valence-electron chi connectivity index (χ4n) is 3.94. The van der Waals surface area contributed by atoms with Gasteiger partial charge in [-0.1, -0.05) is 30.3 Å².